The van der Waals surface area contributed by atoms with Crippen LogP contribution in [0.4, 0.5) is 0 Å². The number of benzene rings is 2. The molecular formula is C20H13NO3. The average molecular weight is 315 g/mol. The van der Waals surface area contributed by atoms with Crippen LogP contribution < -0.4 is 5.63 Å². The number of phenols is 1. The van der Waals surface area contributed by atoms with E-state index in [1.54, 1.807) is 30.5 Å². The predicted octanol–water partition coefficient (Wildman–Crippen LogP) is 4.22. The maximum Gasteiger partial charge on any atom is 0.343 e. The Hall–Kier alpha value is -3.40. The van der Waals surface area contributed by atoms with Gasteiger partial charge in [-0.1, -0.05) is 24.3 Å². The Morgan fingerprint density at radius 2 is 1.79 bits per heavy atom. The normalized spacial score (nSPS) is 11.5. The molecule has 0 radical (unpaired) electrons. The van der Waals surface area contributed by atoms with Gasteiger partial charge in [-0.25, -0.2) is 4.79 Å². The molecule has 0 bridgehead atoms. The minimum atomic E-state index is -0.442. The Bertz CT molecular complexity index is 1140. The third-order valence-electron chi connectivity index (χ3n) is 3.87. The van der Waals surface area contributed by atoms with Gasteiger partial charge in [0.05, 0.1) is 11.1 Å². The predicted molar refractivity (Wildman–Crippen MR) is 94.8 cm³/mol. The number of hydrogen-bond donors (Lipinski definition) is 1. The molecule has 0 spiro atoms. The quantitative estimate of drug-likeness (QED) is 0.563. The van der Waals surface area contributed by atoms with E-state index in [0.717, 1.165) is 21.9 Å². The lowest BCUT2D eigenvalue weighted by Gasteiger charge is -2.01. The van der Waals surface area contributed by atoms with Crippen molar-refractivity contribution in [1.82, 2.24) is 4.98 Å². The lowest BCUT2D eigenvalue weighted by molar-refractivity contribution is 0.473. The fourth-order valence-electron chi connectivity index (χ4n) is 2.67. The largest absolute Gasteiger partial charge is 0.508 e. The van der Waals surface area contributed by atoms with E-state index in [1.807, 2.05) is 36.4 Å². The summed E-state index contributed by atoms with van der Waals surface area (Å²) in [7, 11) is 0. The molecular weight excluding hydrogens is 302 g/mol. The summed E-state index contributed by atoms with van der Waals surface area (Å²) in [6.45, 7) is 0. The number of nitrogens with zero attached hydrogens (tertiary/aromatic N) is 1. The Morgan fingerprint density at radius 1 is 0.958 bits per heavy atom. The van der Waals surface area contributed by atoms with Gasteiger partial charge >= 0.3 is 5.63 Å². The molecule has 1 N–H and O–H groups in total. The molecule has 2 aromatic heterocycles. The number of phenolic OH excluding ortho intramolecular Hbond substituents is 1. The van der Waals surface area contributed by atoms with Gasteiger partial charge in [-0.2, -0.15) is 0 Å². The van der Waals surface area contributed by atoms with E-state index in [1.165, 1.54) is 6.07 Å². The highest BCUT2D eigenvalue weighted by molar-refractivity contribution is 5.91. The Kier molecular flexibility index (Phi) is 3.35. The van der Waals surface area contributed by atoms with Gasteiger partial charge in [0.2, 0.25) is 0 Å². The van der Waals surface area contributed by atoms with Gasteiger partial charge in [-0.05, 0) is 42.0 Å². The fourth-order valence-corrected chi connectivity index (χ4v) is 2.67. The van der Waals surface area contributed by atoms with Crippen molar-refractivity contribution in [3.05, 3.63) is 82.3 Å². The molecule has 0 amide bonds. The number of aromatic hydroxyl groups is 1. The number of aromatic nitrogens is 1. The third-order valence-corrected chi connectivity index (χ3v) is 3.87. The standard InChI is InChI=1S/C20H13NO3/c22-16-8-7-14-11-15(20(23)24-19(14)12-16)6-5-13-9-10-21-18-4-2-1-3-17(13)18/h1-12,22H/b6-5+. The van der Waals surface area contributed by atoms with Gasteiger partial charge in [-0.3, -0.25) is 4.98 Å². The van der Waals surface area contributed by atoms with Crippen LogP contribution in [0.3, 0.4) is 0 Å². The monoisotopic (exact) mass is 315 g/mol. The Labute approximate surface area is 137 Å². The molecule has 4 heteroatoms. The molecule has 24 heavy (non-hydrogen) atoms. The molecule has 0 unspecified atom stereocenters. The van der Waals surface area contributed by atoms with Crippen LogP contribution in [0.2, 0.25) is 0 Å². The fraction of sp³-hybridized carbons (Fsp3) is 0. The summed E-state index contributed by atoms with van der Waals surface area (Å²) in [5.74, 6) is 0.0668. The second kappa shape index (κ2) is 5.66. The van der Waals surface area contributed by atoms with Crippen LogP contribution in [0.5, 0.6) is 5.75 Å². The van der Waals surface area contributed by atoms with E-state index in [-0.39, 0.29) is 5.75 Å². The van der Waals surface area contributed by atoms with Gasteiger partial charge in [0.25, 0.3) is 0 Å². The van der Waals surface area contributed by atoms with Gasteiger partial charge in [0.1, 0.15) is 11.3 Å². The van der Waals surface area contributed by atoms with E-state index in [2.05, 4.69) is 4.98 Å². The zero-order chi connectivity index (χ0) is 16.5. The molecule has 4 nitrogen and oxygen atoms in total. The molecule has 4 rings (SSSR count). The number of hydrogen-bond acceptors (Lipinski definition) is 4. The van der Waals surface area contributed by atoms with E-state index >= 15 is 0 Å². The zero-order valence-electron chi connectivity index (χ0n) is 12.6. The van der Waals surface area contributed by atoms with Crippen LogP contribution in [0, 0.1) is 0 Å². The number of para-hydroxylation sites is 1. The van der Waals surface area contributed by atoms with Crippen LogP contribution in [-0.4, -0.2) is 10.1 Å². The van der Waals surface area contributed by atoms with Crippen molar-refractivity contribution in [2.75, 3.05) is 0 Å². The number of pyridine rings is 1. The molecule has 0 saturated carbocycles. The molecule has 0 fully saturated rings. The smallest absolute Gasteiger partial charge is 0.343 e. The summed E-state index contributed by atoms with van der Waals surface area (Å²) in [5, 5.41) is 11.2. The average Bonchev–Trinajstić information content (AvgIpc) is 2.60. The number of rotatable bonds is 2. The zero-order valence-corrected chi connectivity index (χ0v) is 12.6. The van der Waals surface area contributed by atoms with Crippen molar-refractivity contribution in [3.63, 3.8) is 0 Å². The minimum absolute atomic E-state index is 0.0668. The van der Waals surface area contributed by atoms with Crippen LogP contribution in [0.15, 0.2) is 70.0 Å². The second-order valence-corrected chi connectivity index (χ2v) is 5.46. The van der Waals surface area contributed by atoms with Gasteiger partial charge in [-0.15, -0.1) is 0 Å². The van der Waals surface area contributed by atoms with Crippen molar-refractivity contribution in [1.29, 1.82) is 0 Å². The van der Waals surface area contributed by atoms with E-state index in [0.29, 0.717) is 11.1 Å². The molecule has 2 aromatic carbocycles. The lowest BCUT2D eigenvalue weighted by Crippen LogP contribution is -2.02. The minimum Gasteiger partial charge on any atom is -0.508 e. The summed E-state index contributed by atoms with van der Waals surface area (Å²) in [4.78, 5) is 16.4. The molecule has 4 aromatic rings. The summed E-state index contributed by atoms with van der Waals surface area (Å²) < 4.78 is 5.27. The maximum absolute atomic E-state index is 12.1. The molecule has 2 heterocycles. The summed E-state index contributed by atoms with van der Waals surface area (Å²) in [6, 6.07) is 16.2. The topological polar surface area (TPSA) is 63.3 Å². The van der Waals surface area contributed by atoms with Gasteiger partial charge in [0.15, 0.2) is 0 Å². The van der Waals surface area contributed by atoms with Crippen LogP contribution >= 0.6 is 0 Å². The first kappa shape index (κ1) is 14.2. The lowest BCUT2D eigenvalue weighted by atomic mass is 10.1. The van der Waals surface area contributed by atoms with E-state index < -0.39 is 5.63 Å². The SMILES string of the molecule is O=c1oc2cc(O)ccc2cc1/C=C/c1ccnc2ccccc12. The Morgan fingerprint density at radius 3 is 2.71 bits per heavy atom. The van der Waals surface area contributed by atoms with Crippen molar-refractivity contribution < 1.29 is 9.52 Å². The third kappa shape index (κ3) is 2.54. The molecule has 0 aliphatic carbocycles. The molecule has 0 saturated heterocycles. The van der Waals surface area contributed by atoms with Crippen LogP contribution in [-0.2, 0) is 0 Å². The first-order valence-electron chi connectivity index (χ1n) is 7.49. The van der Waals surface area contributed by atoms with Crippen molar-refractivity contribution >= 4 is 34.0 Å². The maximum atomic E-state index is 12.1. The first-order valence-corrected chi connectivity index (χ1v) is 7.49. The van der Waals surface area contributed by atoms with E-state index in [4.69, 9.17) is 4.42 Å². The molecule has 116 valence electrons. The Balaban J connectivity index is 1.81. The van der Waals surface area contributed by atoms with Crippen molar-refractivity contribution in [3.8, 4) is 5.75 Å². The number of fused-ring (bicyclic) bond motifs is 2. The highest BCUT2D eigenvalue weighted by atomic mass is 16.4. The summed E-state index contributed by atoms with van der Waals surface area (Å²) in [5.41, 5.74) is 2.26. The van der Waals surface area contributed by atoms with Crippen molar-refractivity contribution in [2.24, 2.45) is 0 Å². The second-order valence-electron chi connectivity index (χ2n) is 5.46. The van der Waals surface area contributed by atoms with Gasteiger partial charge in [0, 0.05) is 23.0 Å². The highest BCUT2D eigenvalue weighted by Crippen LogP contribution is 2.21. The molecule has 0 aliphatic rings. The van der Waals surface area contributed by atoms with Gasteiger partial charge < -0.3 is 9.52 Å². The highest BCUT2D eigenvalue weighted by Gasteiger charge is 2.04. The summed E-state index contributed by atoms with van der Waals surface area (Å²) in [6.07, 6.45) is 5.36. The van der Waals surface area contributed by atoms with E-state index in [9.17, 15) is 9.90 Å². The summed E-state index contributed by atoms with van der Waals surface area (Å²) >= 11 is 0. The molecule has 0 atom stereocenters. The van der Waals surface area contributed by atoms with Crippen LogP contribution in [0.25, 0.3) is 34.0 Å². The first-order chi connectivity index (χ1) is 11.7. The van der Waals surface area contributed by atoms with Crippen molar-refractivity contribution in [2.45, 2.75) is 0 Å². The molecule has 0 aliphatic heterocycles. The van der Waals surface area contributed by atoms with Crippen LogP contribution in [0.1, 0.15) is 11.1 Å².